The summed E-state index contributed by atoms with van der Waals surface area (Å²) in [6.07, 6.45) is 0. The summed E-state index contributed by atoms with van der Waals surface area (Å²) in [5.74, 6) is 3.31. The van der Waals surface area contributed by atoms with E-state index in [9.17, 15) is 0 Å². The molecule has 0 spiro atoms. The van der Waals surface area contributed by atoms with E-state index in [1.165, 1.54) is 0 Å². The predicted octanol–water partition coefficient (Wildman–Crippen LogP) is 2.04. The van der Waals surface area contributed by atoms with Gasteiger partial charge in [-0.25, -0.2) is 0 Å². The van der Waals surface area contributed by atoms with Gasteiger partial charge in [0.25, 0.3) is 0 Å². The summed E-state index contributed by atoms with van der Waals surface area (Å²) < 4.78 is 12.5. The molecule has 3 rings (SSSR count). The summed E-state index contributed by atoms with van der Waals surface area (Å²) >= 11 is 5.83. The van der Waals surface area contributed by atoms with Crippen molar-refractivity contribution in [2.45, 2.75) is 12.8 Å². The van der Waals surface area contributed by atoms with Crippen LogP contribution in [0.15, 0.2) is 18.2 Å². The van der Waals surface area contributed by atoms with E-state index < -0.39 is 0 Å². The fraction of sp³-hybridized carbons (Fsp3) is 0.273. The second-order valence-electron chi connectivity index (χ2n) is 3.67. The zero-order valence-electron chi connectivity index (χ0n) is 9.18. The molecule has 1 aliphatic rings. The van der Waals surface area contributed by atoms with E-state index in [0.717, 1.165) is 23.0 Å². The highest BCUT2D eigenvalue weighted by Gasteiger charge is 2.16. The van der Waals surface area contributed by atoms with E-state index in [-0.39, 0.29) is 6.79 Å². The third-order valence-electron chi connectivity index (χ3n) is 2.63. The predicted molar refractivity (Wildman–Crippen MR) is 61.8 cm³/mol. The molecule has 0 aliphatic carbocycles. The molecule has 0 saturated carbocycles. The van der Waals surface area contributed by atoms with Crippen LogP contribution in [0.3, 0.4) is 0 Å². The van der Waals surface area contributed by atoms with Crippen LogP contribution in [0.2, 0.25) is 0 Å². The highest BCUT2D eigenvalue weighted by atomic mass is 35.5. The maximum absolute atomic E-state index is 5.83. The fourth-order valence-corrected chi connectivity index (χ4v) is 2.03. The maximum Gasteiger partial charge on any atom is 0.231 e. The molecule has 0 N–H and O–H groups in total. The van der Waals surface area contributed by atoms with Crippen LogP contribution in [-0.2, 0) is 5.88 Å². The van der Waals surface area contributed by atoms with Crippen molar-refractivity contribution in [3.63, 3.8) is 0 Å². The normalized spacial score (nSPS) is 13.1. The smallest absolute Gasteiger partial charge is 0.231 e. The van der Waals surface area contributed by atoms with Crippen LogP contribution in [0.5, 0.6) is 11.5 Å². The van der Waals surface area contributed by atoms with Crippen molar-refractivity contribution in [2.75, 3.05) is 6.79 Å². The average molecular weight is 252 g/mol. The van der Waals surface area contributed by atoms with E-state index >= 15 is 0 Å². The monoisotopic (exact) mass is 251 g/mol. The van der Waals surface area contributed by atoms with Gasteiger partial charge in [0.05, 0.1) is 11.6 Å². The molecule has 1 aromatic heterocycles. The minimum absolute atomic E-state index is 0.266. The van der Waals surface area contributed by atoms with Gasteiger partial charge in [-0.15, -0.1) is 21.8 Å². The fourth-order valence-electron chi connectivity index (χ4n) is 1.85. The van der Waals surface area contributed by atoms with Crippen molar-refractivity contribution in [3.8, 4) is 17.2 Å². The summed E-state index contributed by atoms with van der Waals surface area (Å²) in [7, 11) is 0. The lowest BCUT2D eigenvalue weighted by atomic mass is 10.2. The molecular weight excluding hydrogens is 242 g/mol. The molecular formula is C11H10ClN3O2. The first-order valence-corrected chi connectivity index (χ1v) is 5.70. The number of halogens is 1. The Kier molecular flexibility index (Phi) is 2.40. The number of benzene rings is 1. The van der Waals surface area contributed by atoms with Gasteiger partial charge in [-0.3, -0.25) is 4.57 Å². The Balaban J connectivity index is 2.12. The van der Waals surface area contributed by atoms with E-state index in [1.807, 2.05) is 29.7 Å². The highest BCUT2D eigenvalue weighted by molar-refractivity contribution is 6.16. The van der Waals surface area contributed by atoms with Crippen LogP contribution < -0.4 is 9.47 Å². The third-order valence-corrected chi connectivity index (χ3v) is 2.86. The van der Waals surface area contributed by atoms with Crippen molar-refractivity contribution < 1.29 is 9.47 Å². The van der Waals surface area contributed by atoms with Crippen LogP contribution >= 0.6 is 11.6 Å². The molecule has 5 nitrogen and oxygen atoms in total. The van der Waals surface area contributed by atoms with Crippen LogP contribution in [0.1, 0.15) is 11.6 Å². The number of aryl methyl sites for hydroxylation is 1. The molecule has 0 radical (unpaired) electrons. The Morgan fingerprint density at radius 3 is 2.94 bits per heavy atom. The third kappa shape index (κ3) is 1.63. The second kappa shape index (κ2) is 3.92. The van der Waals surface area contributed by atoms with Crippen molar-refractivity contribution in [3.05, 3.63) is 29.8 Å². The Morgan fingerprint density at radius 1 is 1.29 bits per heavy atom. The first-order chi connectivity index (χ1) is 8.29. The Labute approximate surface area is 103 Å². The van der Waals surface area contributed by atoms with Gasteiger partial charge in [0, 0.05) is 6.07 Å². The summed E-state index contributed by atoms with van der Waals surface area (Å²) in [5.41, 5.74) is 0.924. The number of aromatic nitrogens is 3. The number of hydrogen-bond donors (Lipinski definition) is 0. The van der Waals surface area contributed by atoms with Crippen LogP contribution in [0.4, 0.5) is 0 Å². The molecule has 0 atom stereocenters. The van der Waals surface area contributed by atoms with Gasteiger partial charge in [0.15, 0.2) is 17.3 Å². The minimum atomic E-state index is 0.266. The molecule has 0 saturated heterocycles. The minimum Gasteiger partial charge on any atom is -0.454 e. The van der Waals surface area contributed by atoms with Crippen LogP contribution in [0, 0.1) is 6.92 Å². The van der Waals surface area contributed by atoms with E-state index in [2.05, 4.69) is 10.2 Å². The van der Waals surface area contributed by atoms with Gasteiger partial charge in [0.1, 0.15) is 5.82 Å². The first-order valence-electron chi connectivity index (χ1n) is 5.16. The van der Waals surface area contributed by atoms with Crippen LogP contribution in [-0.4, -0.2) is 21.6 Å². The van der Waals surface area contributed by atoms with Crippen molar-refractivity contribution >= 4 is 11.6 Å². The zero-order chi connectivity index (χ0) is 11.8. The second-order valence-corrected chi connectivity index (χ2v) is 3.94. The Bertz CT molecular complexity index is 568. The number of fused-ring (bicyclic) bond motifs is 1. The van der Waals surface area contributed by atoms with Gasteiger partial charge in [-0.05, 0) is 19.1 Å². The van der Waals surface area contributed by atoms with Crippen molar-refractivity contribution in [1.29, 1.82) is 0 Å². The molecule has 1 aromatic carbocycles. The standard InChI is InChI=1S/C11H10ClN3O2/c1-7-13-14-11(5-12)15(7)8-2-3-9-10(4-8)17-6-16-9/h2-4H,5-6H2,1H3. The zero-order valence-corrected chi connectivity index (χ0v) is 9.94. The molecule has 0 unspecified atom stereocenters. The number of hydrogen-bond acceptors (Lipinski definition) is 4. The van der Waals surface area contributed by atoms with Gasteiger partial charge < -0.3 is 9.47 Å². The maximum atomic E-state index is 5.83. The molecule has 0 bridgehead atoms. The topological polar surface area (TPSA) is 49.2 Å². The SMILES string of the molecule is Cc1nnc(CCl)n1-c1ccc2c(c1)OCO2. The molecule has 2 aromatic rings. The van der Waals surface area contributed by atoms with Crippen molar-refractivity contribution in [1.82, 2.24) is 14.8 Å². The highest BCUT2D eigenvalue weighted by Crippen LogP contribution is 2.34. The number of ether oxygens (including phenoxy) is 2. The first kappa shape index (κ1) is 10.4. The van der Waals surface area contributed by atoms with Crippen LogP contribution in [0.25, 0.3) is 5.69 Å². The van der Waals surface area contributed by atoms with Gasteiger partial charge in [0.2, 0.25) is 6.79 Å². The average Bonchev–Trinajstić information content (AvgIpc) is 2.93. The molecule has 88 valence electrons. The number of alkyl halides is 1. The molecule has 2 heterocycles. The molecule has 6 heteroatoms. The summed E-state index contributed by atoms with van der Waals surface area (Å²) in [4.78, 5) is 0. The van der Waals surface area contributed by atoms with E-state index in [4.69, 9.17) is 21.1 Å². The quantitative estimate of drug-likeness (QED) is 0.767. The Hall–Kier alpha value is -1.75. The molecule has 1 aliphatic heterocycles. The van der Waals surface area contributed by atoms with E-state index in [1.54, 1.807) is 0 Å². The molecule has 0 amide bonds. The molecule has 0 fully saturated rings. The number of rotatable bonds is 2. The van der Waals surface area contributed by atoms with Gasteiger partial charge >= 0.3 is 0 Å². The summed E-state index contributed by atoms with van der Waals surface area (Å²) in [6.45, 7) is 2.15. The summed E-state index contributed by atoms with van der Waals surface area (Å²) in [6, 6.07) is 5.70. The lowest BCUT2D eigenvalue weighted by molar-refractivity contribution is 0.174. The largest absolute Gasteiger partial charge is 0.454 e. The molecule has 17 heavy (non-hydrogen) atoms. The van der Waals surface area contributed by atoms with E-state index in [0.29, 0.717) is 11.7 Å². The van der Waals surface area contributed by atoms with Gasteiger partial charge in [-0.1, -0.05) is 0 Å². The summed E-state index contributed by atoms with van der Waals surface area (Å²) in [5, 5.41) is 8.03. The lowest BCUT2D eigenvalue weighted by Crippen LogP contribution is -2.01. The van der Waals surface area contributed by atoms with Crippen molar-refractivity contribution in [2.24, 2.45) is 0 Å². The Morgan fingerprint density at radius 2 is 2.12 bits per heavy atom. The lowest BCUT2D eigenvalue weighted by Gasteiger charge is -2.07. The number of nitrogens with zero attached hydrogens (tertiary/aromatic N) is 3. The van der Waals surface area contributed by atoms with Gasteiger partial charge in [-0.2, -0.15) is 0 Å².